The van der Waals surface area contributed by atoms with Gasteiger partial charge in [0.1, 0.15) is 5.60 Å². The van der Waals surface area contributed by atoms with Crippen LogP contribution < -0.4 is 0 Å². The monoisotopic (exact) mass is 210 g/mol. The molecule has 0 unspecified atom stereocenters. The minimum absolute atomic E-state index is 0.184. The van der Waals surface area contributed by atoms with Crippen LogP contribution in [-0.2, 0) is 9.53 Å². The molecule has 1 aliphatic carbocycles. The van der Waals surface area contributed by atoms with Gasteiger partial charge in [0.15, 0.2) is 0 Å². The molecule has 0 aliphatic heterocycles. The van der Waals surface area contributed by atoms with Crippen LogP contribution in [0.1, 0.15) is 58.3 Å². The molecule has 2 nitrogen and oxygen atoms in total. The predicted octanol–water partition coefficient (Wildman–Crippen LogP) is 3.61. The lowest BCUT2D eigenvalue weighted by molar-refractivity contribution is -0.156. The fraction of sp³-hybridized carbons (Fsp3) is 0.769. The van der Waals surface area contributed by atoms with Crippen molar-refractivity contribution in [2.24, 2.45) is 0 Å². The van der Waals surface area contributed by atoms with Gasteiger partial charge in [0.05, 0.1) is 0 Å². The zero-order valence-corrected chi connectivity index (χ0v) is 9.76. The van der Waals surface area contributed by atoms with Crippen molar-refractivity contribution in [2.45, 2.75) is 63.9 Å². The van der Waals surface area contributed by atoms with Gasteiger partial charge in [-0.05, 0) is 32.1 Å². The third-order valence-corrected chi connectivity index (χ3v) is 3.20. The molecular formula is C13H22O2. The summed E-state index contributed by atoms with van der Waals surface area (Å²) in [7, 11) is 0. The van der Waals surface area contributed by atoms with E-state index in [9.17, 15) is 4.79 Å². The first-order valence-corrected chi connectivity index (χ1v) is 6.08. The Hall–Kier alpha value is -0.790. The molecule has 0 aromatic carbocycles. The molecule has 2 heteroatoms. The van der Waals surface area contributed by atoms with Crippen LogP contribution >= 0.6 is 0 Å². The topological polar surface area (TPSA) is 26.3 Å². The summed E-state index contributed by atoms with van der Waals surface area (Å²) in [5.74, 6) is -0.259. The van der Waals surface area contributed by atoms with E-state index in [-0.39, 0.29) is 11.6 Å². The highest BCUT2D eigenvalue weighted by molar-refractivity contribution is 5.81. The Balaban J connectivity index is 2.65. The molecule has 1 fully saturated rings. The van der Waals surface area contributed by atoms with Crippen LogP contribution in [0.2, 0.25) is 0 Å². The number of esters is 1. The van der Waals surface area contributed by atoms with Crippen molar-refractivity contribution >= 4 is 5.97 Å². The molecule has 1 saturated carbocycles. The molecule has 1 rings (SSSR count). The van der Waals surface area contributed by atoms with Gasteiger partial charge in [0.25, 0.3) is 0 Å². The third kappa shape index (κ3) is 3.69. The van der Waals surface area contributed by atoms with Crippen LogP contribution in [0.5, 0.6) is 0 Å². The standard InChI is InChI=1S/C13H22O2/c1-3-9-13(15-12(14)4-2)10-7-5-6-8-11-13/h4H,2-3,5-11H2,1H3. The maximum absolute atomic E-state index is 11.3. The molecule has 0 heterocycles. The number of hydrogen-bond acceptors (Lipinski definition) is 2. The second-order valence-corrected chi connectivity index (χ2v) is 4.47. The molecule has 0 atom stereocenters. The smallest absolute Gasteiger partial charge is 0.330 e. The lowest BCUT2D eigenvalue weighted by Crippen LogP contribution is -2.34. The van der Waals surface area contributed by atoms with Crippen LogP contribution in [0.15, 0.2) is 12.7 Å². The Bertz CT molecular complexity index is 213. The van der Waals surface area contributed by atoms with Crippen molar-refractivity contribution < 1.29 is 9.53 Å². The summed E-state index contributed by atoms with van der Waals surface area (Å²) < 4.78 is 5.59. The van der Waals surface area contributed by atoms with Gasteiger partial charge in [-0.2, -0.15) is 0 Å². The number of hydrogen-bond donors (Lipinski definition) is 0. The summed E-state index contributed by atoms with van der Waals surface area (Å²) in [6.45, 7) is 5.61. The Morgan fingerprint density at radius 2 is 1.93 bits per heavy atom. The molecule has 0 saturated heterocycles. The van der Waals surface area contributed by atoms with E-state index < -0.39 is 0 Å². The van der Waals surface area contributed by atoms with Crippen molar-refractivity contribution in [1.82, 2.24) is 0 Å². The van der Waals surface area contributed by atoms with Gasteiger partial charge in [0, 0.05) is 6.08 Å². The molecule has 0 N–H and O–H groups in total. The second kappa shape index (κ2) is 5.94. The molecular weight excluding hydrogens is 188 g/mol. The van der Waals surface area contributed by atoms with Crippen LogP contribution in [0.4, 0.5) is 0 Å². The molecule has 0 bridgehead atoms. The summed E-state index contributed by atoms with van der Waals surface area (Å²) in [4.78, 5) is 11.3. The van der Waals surface area contributed by atoms with E-state index in [1.54, 1.807) is 0 Å². The fourth-order valence-electron chi connectivity index (χ4n) is 2.49. The number of ether oxygens (including phenoxy) is 1. The summed E-state index contributed by atoms with van der Waals surface area (Å²) >= 11 is 0. The molecule has 0 radical (unpaired) electrons. The van der Waals surface area contributed by atoms with E-state index in [2.05, 4.69) is 13.5 Å². The second-order valence-electron chi connectivity index (χ2n) is 4.47. The number of rotatable bonds is 4. The first kappa shape index (κ1) is 12.3. The van der Waals surface area contributed by atoms with Gasteiger partial charge >= 0.3 is 5.97 Å². The Kier molecular flexibility index (Phi) is 4.86. The normalized spacial score (nSPS) is 20.3. The van der Waals surface area contributed by atoms with Gasteiger partial charge in [-0.3, -0.25) is 0 Å². The van der Waals surface area contributed by atoms with Gasteiger partial charge in [0.2, 0.25) is 0 Å². The summed E-state index contributed by atoms with van der Waals surface area (Å²) in [5, 5.41) is 0. The molecule has 1 aliphatic rings. The van der Waals surface area contributed by atoms with Crippen LogP contribution in [-0.4, -0.2) is 11.6 Å². The minimum atomic E-state index is -0.259. The quantitative estimate of drug-likeness (QED) is 0.402. The highest BCUT2D eigenvalue weighted by Gasteiger charge is 2.33. The number of carbonyl (C=O) groups is 1. The lowest BCUT2D eigenvalue weighted by atomic mass is 9.89. The Morgan fingerprint density at radius 3 is 2.40 bits per heavy atom. The van der Waals surface area contributed by atoms with Crippen molar-refractivity contribution in [1.29, 1.82) is 0 Å². The van der Waals surface area contributed by atoms with Gasteiger partial charge in [-0.1, -0.05) is 32.8 Å². The van der Waals surface area contributed by atoms with Crippen LogP contribution in [0.25, 0.3) is 0 Å². The molecule has 0 aromatic rings. The highest BCUT2D eigenvalue weighted by atomic mass is 16.6. The van der Waals surface area contributed by atoms with E-state index in [4.69, 9.17) is 4.74 Å². The lowest BCUT2D eigenvalue weighted by Gasteiger charge is -2.32. The summed E-state index contributed by atoms with van der Waals surface area (Å²) in [6.07, 6.45) is 10.3. The van der Waals surface area contributed by atoms with E-state index in [0.717, 1.165) is 25.7 Å². The molecule has 86 valence electrons. The average Bonchev–Trinajstić information content (AvgIpc) is 2.44. The molecule has 0 aromatic heterocycles. The molecule has 0 amide bonds. The Labute approximate surface area is 92.7 Å². The largest absolute Gasteiger partial charge is 0.456 e. The summed E-state index contributed by atoms with van der Waals surface area (Å²) in [6, 6.07) is 0. The SMILES string of the molecule is C=CC(=O)OC1(CCC)CCCCCC1. The van der Waals surface area contributed by atoms with E-state index in [1.165, 1.54) is 31.8 Å². The van der Waals surface area contributed by atoms with Crippen LogP contribution in [0.3, 0.4) is 0 Å². The fourth-order valence-corrected chi connectivity index (χ4v) is 2.49. The van der Waals surface area contributed by atoms with Gasteiger partial charge in [-0.15, -0.1) is 0 Å². The van der Waals surface area contributed by atoms with Crippen molar-refractivity contribution in [3.05, 3.63) is 12.7 Å². The van der Waals surface area contributed by atoms with Crippen molar-refractivity contribution in [2.75, 3.05) is 0 Å². The number of carbonyl (C=O) groups excluding carboxylic acids is 1. The molecule has 0 spiro atoms. The predicted molar refractivity (Wildman–Crippen MR) is 61.6 cm³/mol. The van der Waals surface area contributed by atoms with E-state index in [1.807, 2.05) is 0 Å². The van der Waals surface area contributed by atoms with Crippen molar-refractivity contribution in [3.8, 4) is 0 Å². The molecule has 15 heavy (non-hydrogen) atoms. The maximum Gasteiger partial charge on any atom is 0.330 e. The highest BCUT2D eigenvalue weighted by Crippen LogP contribution is 2.34. The third-order valence-electron chi connectivity index (χ3n) is 3.20. The van der Waals surface area contributed by atoms with Gasteiger partial charge < -0.3 is 4.74 Å². The van der Waals surface area contributed by atoms with E-state index >= 15 is 0 Å². The first-order valence-electron chi connectivity index (χ1n) is 6.08. The zero-order chi connectivity index (χ0) is 11.1. The van der Waals surface area contributed by atoms with Crippen LogP contribution in [0, 0.1) is 0 Å². The summed E-state index contributed by atoms with van der Waals surface area (Å²) in [5.41, 5.74) is -0.184. The average molecular weight is 210 g/mol. The maximum atomic E-state index is 11.3. The first-order chi connectivity index (χ1) is 7.22. The van der Waals surface area contributed by atoms with Crippen molar-refractivity contribution in [3.63, 3.8) is 0 Å². The van der Waals surface area contributed by atoms with Gasteiger partial charge in [-0.25, -0.2) is 4.79 Å². The Morgan fingerprint density at radius 1 is 1.33 bits per heavy atom. The van der Waals surface area contributed by atoms with E-state index in [0.29, 0.717) is 0 Å². The minimum Gasteiger partial charge on any atom is -0.456 e. The zero-order valence-electron chi connectivity index (χ0n) is 9.76.